The quantitative estimate of drug-likeness (QED) is 0.586. The Labute approximate surface area is 112 Å². The van der Waals surface area contributed by atoms with Gasteiger partial charge in [-0.1, -0.05) is 5.16 Å². The highest BCUT2D eigenvalue weighted by Gasteiger charge is 2.21. The van der Waals surface area contributed by atoms with Gasteiger partial charge in [-0.15, -0.1) is 0 Å². The predicted octanol–water partition coefficient (Wildman–Crippen LogP) is 0.162. The highest BCUT2D eigenvalue weighted by molar-refractivity contribution is 7.89. The van der Waals surface area contributed by atoms with Gasteiger partial charge in [-0.2, -0.15) is 4.98 Å². The molecule has 0 spiro atoms. The number of nitrogens with one attached hydrogen (secondary N) is 1. The molecule has 106 valence electrons. The molecule has 1 aromatic carbocycles. The van der Waals surface area contributed by atoms with Crippen molar-refractivity contribution in [3.05, 3.63) is 40.5 Å². The van der Waals surface area contributed by atoms with Crippen molar-refractivity contribution >= 4 is 15.7 Å². The van der Waals surface area contributed by atoms with Gasteiger partial charge < -0.3 is 9.63 Å². The standard InChI is InChI=1S/C9H8N4O6S/c14-8-2-1-6(3-7(8)13(15)16)20(17,18)11-4-9-10-5-19-12-9/h1-3,5,11,14H,4H2. The van der Waals surface area contributed by atoms with E-state index in [1.165, 1.54) is 0 Å². The van der Waals surface area contributed by atoms with Gasteiger partial charge in [0.05, 0.1) is 16.4 Å². The largest absolute Gasteiger partial charge is 0.502 e. The fourth-order valence-electron chi connectivity index (χ4n) is 1.33. The summed E-state index contributed by atoms with van der Waals surface area (Å²) in [5.41, 5.74) is -0.701. The number of nitrogens with zero attached hydrogens (tertiary/aromatic N) is 3. The number of aromatic hydroxyl groups is 1. The van der Waals surface area contributed by atoms with E-state index in [1.807, 2.05) is 0 Å². The third kappa shape index (κ3) is 2.89. The van der Waals surface area contributed by atoms with Crippen LogP contribution in [0.2, 0.25) is 0 Å². The average Bonchev–Trinajstić information content (AvgIpc) is 2.89. The van der Waals surface area contributed by atoms with Gasteiger partial charge in [-0.05, 0) is 12.1 Å². The van der Waals surface area contributed by atoms with Gasteiger partial charge in [0, 0.05) is 6.07 Å². The van der Waals surface area contributed by atoms with Crippen molar-refractivity contribution in [2.75, 3.05) is 0 Å². The summed E-state index contributed by atoms with van der Waals surface area (Å²) in [5, 5.41) is 23.3. The first-order chi connectivity index (χ1) is 9.40. The van der Waals surface area contributed by atoms with Crippen molar-refractivity contribution < 1.29 is 23.0 Å². The molecule has 20 heavy (non-hydrogen) atoms. The van der Waals surface area contributed by atoms with E-state index in [9.17, 15) is 23.6 Å². The number of hydrogen-bond donors (Lipinski definition) is 2. The molecule has 0 fully saturated rings. The highest BCUT2D eigenvalue weighted by Crippen LogP contribution is 2.28. The molecule has 0 saturated carbocycles. The van der Waals surface area contributed by atoms with Crippen molar-refractivity contribution in [3.63, 3.8) is 0 Å². The number of phenols is 1. The summed E-state index contributed by atoms with van der Waals surface area (Å²) in [6.45, 7) is -0.229. The molecular weight excluding hydrogens is 292 g/mol. The molecule has 0 atom stereocenters. The van der Waals surface area contributed by atoms with Gasteiger partial charge in [-0.3, -0.25) is 10.1 Å². The lowest BCUT2D eigenvalue weighted by Gasteiger charge is -2.05. The number of nitro benzene ring substituents is 1. The summed E-state index contributed by atoms with van der Waals surface area (Å²) in [6.07, 6.45) is 1.04. The summed E-state index contributed by atoms with van der Waals surface area (Å²) in [4.78, 5) is 13.0. The monoisotopic (exact) mass is 300 g/mol. The zero-order valence-electron chi connectivity index (χ0n) is 9.75. The maximum absolute atomic E-state index is 11.9. The van der Waals surface area contributed by atoms with E-state index in [-0.39, 0.29) is 17.3 Å². The molecule has 0 aliphatic rings. The Morgan fingerprint density at radius 3 is 2.80 bits per heavy atom. The van der Waals surface area contributed by atoms with Crippen LogP contribution in [0.3, 0.4) is 0 Å². The predicted molar refractivity (Wildman–Crippen MR) is 63.1 cm³/mol. The van der Waals surface area contributed by atoms with Crippen LogP contribution in [0.4, 0.5) is 5.69 Å². The average molecular weight is 300 g/mol. The molecule has 0 aliphatic heterocycles. The van der Waals surface area contributed by atoms with Crippen molar-refractivity contribution in [3.8, 4) is 5.75 Å². The molecule has 2 N–H and O–H groups in total. The SMILES string of the molecule is O=[N+]([O-])c1cc(S(=O)(=O)NCc2ncon2)ccc1O. The van der Waals surface area contributed by atoms with Gasteiger partial charge in [0.15, 0.2) is 11.6 Å². The van der Waals surface area contributed by atoms with Crippen LogP contribution in [0.15, 0.2) is 34.0 Å². The van der Waals surface area contributed by atoms with Gasteiger partial charge in [0.2, 0.25) is 16.4 Å². The van der Waals surface area contributed by atoms with E-state index in [1.54, 1.807) is 0 Å². The molecule has 10 nitrogen and oxygen atoms in total. The molecule has 0 aliphatic carbocycles. The van der Waals surface area contributed by atoms with Crippen LogP contribution in [0, 0.1) is 10.1 Å². The molecule has 1 aromatic heterocycles. The van der Waals surface area contributed by atoms with Crippen LogP contribution >= 0.6 is 0 Å². The maximum atomic E-state index is 11.9. The molecular formula is C9H8N4O6S. The van der Waals surface area contributed by atoms with E-state index in [2.05, 4.69) is 19.4 Å². The zero-order chi connectivity index (χ0) is 14.8. The zero-order valence-corrected chi connectivity index (χ0v) is 10.6. The Morgan fingerprint density at radius 2 is 2.20 bits per heavy atom. The normalized spacial score (nSPS) is 11.4. The maximum Gasteiger partial charge on any atom is 0.312 e. The minimum Gasteiger partial charge on any atom is -0.502 e. The summed E-state index contributed by atoms with van der Waals surface area (Å²) in [5.74, 6) is -0.506. The van der Waals surface area contributed by atoms with Crippen molar-refractivity contribution in [1.29, 1.82) is 0 Å². The van der Waals surface area contributed by atoms with Crippen LogP contribution in [0.5, 0.6) is 5.75 Å². The fourth-order valence-corrected chi connectivity index (χ4v) is 2.33. The van der Waals surface area contributed by atoms with E-state index in [4.69, 9.17) is 0 Å². The number of sulfonamides is 1. The van der Waals surface area contributed by atoms with E-state index >= 15 is 0 Å². The molecule has 1 heterocycles. The minimum absolute atomic E-state index is 0.113. The van der Waals surface area contributed by atoms with Crippen LogP contribution in [0.1, 0.15) is 5.82 Å². The second-order valence-electron chi connectivity index (χ2n) is 3.58. The molecule has 0 radical (unpaired) electrons. The number of phenolic OH excluding ortho intramolecular Hbond substituents is 1. The molecule has 0 bridgehead atoms. The molecule has 0 unspecified atom stereocenters. The third-order valence-electron chi connectivity index (χ3n) is 2.28. The van der Waals surface area contributed by atoms with Crippen LogP contribution in [-0.2, 0) is 16.6 Å². The lowest BCUT2D eigenvalue weighted by atomic mass is 10.3. The van der Waals surface area contributed by atoms with E-state index < -0.39 is 26.4 Å². The first-order valence-corrected chi connectivity index (χ1v) is 6.61. The third-order valence-corrected chi connectivity index (χ3v) is 3.68. The topological polar surface area (TPSA) is 148 Å². The Kier molecular flexibility index (Phi) is 3.63. The van der Waals surface area contributed by atoms with E-state index in [0.29, 0.717) is 0 Å². The van der Waals surface area contributed by atoms with Crippen molar-refractivity contribution in [2.45, 2.75) is 11.4 Å². The fraction of sp³-hybridized carbons (Fsp3) is 0.111. The van der Waals surface area contributed by atoms with Crippen LogP contribution in [0.25, 0.3) is 0 Å². The van der Waals surface area contributed by atoms with Crippen molar-refractivity contribution in [1.82, 2.24) is 14.9 Å². The Hall–Kier alpha value is -2.53. The first kappa shape index (κ1) is 13.9. The number of nitro groups is 1. The van der Waals surface area contributed by atoms with Gasteiger partial charge in [-0.25, -0.2) is 13.1 Å². The molecule has 2 rings (SSSR count). The van der Waals surface area contributed by atoms with Gasteiger partial charge in [0.1, 0.15) is 0 Å². The lowest BCUT2D eigenvalue weighted by molar-refractivity contribution is -0.386. The highest BCUT2D eigenvalue weighted by atomic mass is 32.2. The Balaban J connectivity index is 2.25. The van der Waals surface area contributed by atoms with Crippen molar-refractivity contribution in [2.24, 2.45) is 0 Å². The minimum atomic E-state index is -4.00. The summed E-state index contributed by atoms with van der Waals surface area (Å²) in [7, 11) is -4.00. The second-order valence-corrected chi connectivity index (χ2v) is 5.35. The number of rotatable bonds is 5. The number of hydrogen-bond acceptors (Lipinski definition) is 8. The molecule has 0 amide bonds. The Morgan fingerprint density at radius 1 is 1.45 bits per heavy atom. The van der Waals surface area contributed by atoms with Gasteiger partial charge >= 0.3 is 5.69 Å². The summed E-state index contributed by atoms with van der Waals surface area (Å²) < 4.78 is 30.4. The lowest BCUT2D eigenvalue weighted by Crippen LogP contribution is -2.23. The van der Waals surface area contributed by atoms with E-state index in [0.717, 1.165) is 24.6 Å². The second kappa shape index (κ2) is 5.22. The van der Waals surface area contributed by atoms with Crippen LogP contribution < -0.4 is 4.72 Å². The van der Waals surface area contributed by atoms with Crippen LogP contribution in [-0.4, -0.2) is 28.6 Å². The number of benzene rings is 1. The number of aromatic nitrogens is 2. The summed E-state index contributed by atoms with van der Waals surface area (Å²) >= 11 is 0. The molecule has 11 heteroatoms. The smallest absolute Gasteiger partial charge is 0.312 e. The van der Waals surface area contributed by atoms with Gasteiger partial charge in [0.25, 0.3) is 0 Å². The Bertz CT molecular complexity index is 727. The first-order valence-electron chi connectivity index (χ1n) is 5.12. The summed E-state index contributed by atoms with van der Waals surface area (Å²) in [6, 6.07) is 2.73. The molecule has 0 saturated heterocycles. The molecule has 2 aromatic rings.